The van der Waals surface area contributed by atoms with E-state index in [1.165, 1.54) is 10.8 Å². The van der Waals surface area contributed by atoms with Crippen LogP contribution < -0.4 is 15.2 Å². The van der Waals surface area contributed by atoms with Crippen LogP contribution >= 0.6 is 0 Å². The lowest BCUT2D eigenvalue weighted by Gasteiger charge is -2.13. The molecule has 0 unspecified atom stereocenters. The maximum absolute atomic E-state index is 11.9. The number of hydrogen-bond acceptors (Lipinski definition) is 3. The van der Waals surface area contributed by atoms with Gasteiger partial charge >= 0.3 is 6.18 Å². The Bertz CT molecular complexity index is 528. The molecule has 9 heteroatoms. The third-order valence-corrected chi connectivity index (χ3v) is 2.98. The number of nitrogen functional groups attached to an aromatic ring is 1. The van der Waals surface area contributed by atoms with Crippen molar-refractivity contribution in [1.29, 1.82) is 0 Å². The predicted molar refractivity (Wildman–Crippen MR) is 62.2 cm³/mol. The normalized spacial score (nSPS) is 12.4. The fraction of sp³-hybridized carbons (Fsp3) is 0.333. The van der Waals surface area contributed by atoms with Gasteiger partial charge in [0.15, 0.2) is 0 Å². The molecule has 5 nitrogen and oxygen atoms in total. The summed E-state index contributed by atoms with van der Waals surface area (Å²) < 4.78 is 61.7. The number of nitrogens with one attached hydrogen (secondary N) is 2. The van der Waals surface area contributed by atoms with Crippen molar-refractivity contribution in [3.8, 4) is 0 Å². The lowest BCUT2D eigenvalue weighted by Crippen LogP contribution is -2.37. The molecule has 0 radical (unpaired) electrons. The van der Waals surface area contributed by atoms with E-state index < -0.39 is 22.9 Å². The quantitative estimate of drug-likeness (QED) is 0.730. The van der Waals surface area contributed by atoms with E-state index in [4.69, 9.17) is 5.73 Å². The van der Waals surface area contributed by atoms with Gasteiger partial charge < -0.3 is 5.73 Å². The Hall–Kier alpha value is -1.48. The van der Waals surface area contributed by atoms with Crippen molar-refractivity contribution >= 4 is 21.6 Å². The molecule has 4 N–H and O–H groups in total. The molecular formula is C9H12F3N3O2S. The highest BCUT2D eigenvalue weighted by Gasteiger charge is 2.29. The van der Waals surface area contributed by atoms with Crippen LogP contribution in [0, 0.1) is 6.92 Å². The first-order chi connectivity index (χ1) is 8.09. The van der Waals surface area contributed by atoms with Crippen LogP contribution in [0.5, 0.6) is 0 Å². The summed E-state index contributed by atoms with van der Waals surface area (Å²) in [6.45, 7) is -0.0370. The van der Waals surface area contributed by atoms with Crippen LogP contribution in [0.25, 0.3) is 0 Å². The van der Waals surface area contributed by atoms with Gasteiger partial charge in [0, 0.05) is 5.69 Å². The fourth-order valence-corrected chi connectivity index (χ4v) is 2.04. The lowest BCUT2D eigenvalue weighted by molar-refractivity contribution is -0.121. The Morgan fingerprint density at radius 1 is 1.33 bits per heavy atom. The second-order valence-electron chi connectivity index (χ2n) is 3.62. The zero-order valence-electron chi connectivity index (χ0n) is 9.38. The van der Waals surface area contributed by atoms with E-state index in [-0.39, 0.29) is 5.69 Å². The molecule has 1 aromatic rings. The summed E-state index contributed by atoms with van der Waals surface area (Å²) in [5.74, 6) is 0. The maximum atomic E-state index is 11.9. The number of alkyl halides is 3. The number of benzene rings is 1. The predicted octanol–water partition coefficient (Wildman–Crippen LogP) is 1.39. The molecule has 0 atom stereocenters. The fourth-order valence-electron chi connectivity index (χ4n) is 1.11. The third-order valence-electron chi connectivity index (χ3n) is 1.97. The summed E-state index contributed by atoms with van der Waals surface area (Å²) in [5, 5.41) is 0. The molecule has 0 aliphatic carbocycles. The van der Waals surface area contributed by atoms with Crippen molar-refractivity contribution in [2.45, 2.75) is 13.1 Å². The van der Waals surface area contributed by atoms with Gasteiger partial charge in [-0.2, -0.15) is 26.3 Å². The summed E-state index contributed by atoms with van der Waals surface area (Å²) in [5.41, 5.74) is 6.43. The second-order valence-corrected chi connectivity index (χ2v) is 5.12. The van der Waals surface area contributed by atoms with E-state index in [2.05, 4.69) is 0 Å². The molecule has 102 valence electrons. The lowest BCUT2D eigenvalue weighted by atomic mass is 10.2. The van der Waals surface area contributed by atoms with Gasteiger partial charge in [0.2, 0.25) is 0 Å². The molecule has 0 amide bonds. The van der Waals surface area contributed by atoms with Crippen molar-refractivity contribution in [2.24, 2.45) is 0 Å². The highest BCUT2D eigenvalue weighted by molar-refractivity contribution is 7.90. The van der Waals surface area contributed by atoms with Crippen molar-refractivity contribution in [1.82, 2.24) is 4.72 Å². The molecule has 0 aliphatic rings. The van der Waals surface area contributed by atoms with Gasteiger partial charge in [-0.1, -0.05) is 6.07 Å². The molecule has 1 aromatic carbocycles. The average Bonchev–Trinajstić information content (AvgIpc) is 2.20. The number of halogens is 3. The van der Waals surface area contributed by atoms with Crippen molar-refractivity contribution in [2.75, 3.05) is 17.0 Å². The Balaban J connectivity index is 2.80. The largest absolute Gasteiger partial charge is 0.402 e. The molecule has 0 heterocycles. The van der Waals surface area contributed by atoms with Crippen LogP contribution in [0.3, 0.4) is 0 Å². The van der Waals surface area contributed by atoms with Crippen molar-refractivity contribution in [3.05, 3.63) is 23.8 Å². The third kappa shape index (κ3) is 4.80. The highest BCUT2D eigenvalue weighted by Crippen LogP contribution is 2.19. The van der Waals surface area contributed by atoms with Crippen LogP contribution in [0.15, 0.2) is 18.2 Å². The zero-order chi connectivity index (χ0) is 14.0. The van der Waals surface area contributed by atoms with Crippen LogP contribution in [0.4, 0.5) is 24.5 Å². The maximum Gasteiger partial charge on any atom is 0.402 e. The summed E-state index contributed by atoms with van der Waals surface area (Å²) in [4.78, 5) is 0. The molecule has 0 aliphatic heterocycles. The highest BCUT2D eigenvalue weighted by atomic mass is 32.2. The number of nitrogens with two attached hydrogens (primary N) is 1. The van der Waals surface area contributed by atoms with Crippen LogP contribution in [0.1, 0.15) is 5.56 Å². The van der Waals surface area contributed by atoms with Crippen molar-refractivity contribution < 1.29 is 21.6 Å². The summed E-state index contributed by atoms with van der Waals surface area (Å²) in [6.07, 6.45) is -4.61. The first kappa shape index (κ1) is 14.6. The number of anilines is 2. The molecular weight excluding hydrogens is 271 g/mol. The summed E-state index contributed by atoms with van der Waals surface area (Å²) in [6, 6.07) is 4.43. The van der Waals surface area contributed by atoms with E-state index >= 15 is 0 Å². The Morgan fingerprint density at radius 2 is 1.94 bits per heavy atom. The Labute approximate surface area is 102 Å². The van der Waals surface area contributed by atoms with Gasteiger partial charge in [-0.25, -0.2) is 0 Å². The molecule has 0 bridgehead atoms. The van der Waals surface area contributed by atoms with Gasteiger partial charge in [-0.3, -0.25) is 4.72 Å². The molecule has 0 fully saturated rings. The zero-order valence-corrected chi connectivity index (χ0v) is 10.2. The smallest absolute Gasteiger partial charge is 0.399 e. The molecule has 0 saturated carbocycles. The topological polar surface area (TPSA) is 84.2 Å². The van der Waals surface area contributed by atoms with Gasteiger partial charge in [0.25, 0.3) is 10.2 Å². The van der Waals surface area contributed by atoms with Crippen LogP contribution in [0.2, 0.25) is 0 Å². The van der Waals surface area contributed by atoms with Gasteiger partial charge in [-0.15, -0.1) is 0 Å². The van der Waals surface area contributed by atoms with E-state index in [1.54, 1.807) is 19.1 Å². The first-order valence-electron chi connectivity index (χ1n) is 4.79. The minimum atomic E-state index is -4.61. The molecule has 1 rings (SSSR count). The molecule has 18 heavy (non-hydrogen) atoms. The standard InChI is InChI=1S/C9H12F3N3O2S/c1-6-2-3-7(13)4-8(6)15-18(16,17)14-5-9(10,11)12/h2-4,14-15H,5,13H2,1H3. The van der Waals surface area contributed by atoms with Gasteiger partial charge in [0.05, 0.1) is 5.69 Å². The Kier molecular flexibility index (Phi) is 4.07. The Morgan fingerprint density at radius 3 is 2.50 bits per heavy atom. The summed E-state index contributed by atoms with van der Waals surface area (Å²) in [7, 11) is -4.28. The van der Waals surface area contributed by atoms with E-state index in [0.29, 0.717) is 11.3 Å². The monoisotopic (exact) mass is 283 g/mol. The van der Waals surface area contributed by atoms with Crippen LogP contribution in [-0.4, -0.2) is 21.1 Å². The minimum absolute atomic E-state index is 0.129. The average molecular weight is 283 g/mol. The van der Waals surface area contributed by atoms with E-state index in [0.717, 1.165) is 0 Å². The molecule has 0 spiro atoms. The number of aryl methyl sites for hydroxylation is 1. The molecule has 0 saturated heterocycles. The first-order valence-corrected chi connectivity index (χ1v) is 6.28. The second kappa shape index (κ2) is 5.02. The van der Waals surface area contributed by atoms with E-state index in [1.807, 2.05) is 4.72 Å². The van der Waals surface area contributed by atoms with E-state index in [9.17, 15) is 21.6 Å². The molecule has 0 aromatic heterocycles. The number of rotatable bonds is 4. The minimum Gasteiger partial charge on any atom is -0.399 e. The van der Waals surface area contributed by atoms with Crippen molar-refractivity contribution in [3.63, 3.8) is 0 Å². The van der Waals surface area contributed by atoms with Crippen LogP contribution in [-0.2, 0) is 10.2 Å². The SMILES string of the molecule is Cc1ccc(N)cc1NS(=O)(=O)NCC(F)(F)F. The van der Waals surface area contributed by atoms with Gasteiger partial charge in [-0.05, 0) is 24.6 Å². The number of hydrogen-bond donors (Lipinski definition) is 3. The van der Waals surface area contributed by atoms with Gasteiger partial charge in [0.1, 0.15) is 6.54 Å². The summed E-state index contributed by atoms with van der Waals surface area (Å²) >= 11 is 0.